The van der Waals surface area contributed by atoms with E-state index in [1.165, 1.54) is 5.56 Å². The molecule has 0 aliphatic heterocycles. The average Bonchev–Trinajstić information content (AvgIpc) is 3.25. The highest BCUT2D eigenvalue weighted by atomic mass is 32.1. The zero-order chi connectivity index (χ0) is 15.9. The molecule has 0 amide bonds. The highest BCUT2D eigenvalue weighted by molar-refractivity contribution is 7.07. The molecule has 3 aromatic rings. The second-order valence-corrected chi connectivity index (χ2v) is 6.14. The van der Waals surface area contributed by atoms with Crippen molar-refractivity contribution in [3.05, 3.63) is 64.9 Å². The molecular weight excluding hydrogens is 308 g/mol. The summed E-state index contributed by atoms with van der Waals surface area (Å²) >= 11 is 1.58. The average molecular weight is 328 g/mol. The lowest BCUT2D eigenvalue weighted by atomic mass is 10.2. The fraction of sp³-hybridized carbons (Fsp3) is 0.294. The highest BCUT2D eigenvalue weighted by Crippen LogP contribution is 2.14. The van der Waals surface area contributed by atoms with E-state index in [0.717, 1.165) is 24.5 Å². The Bertz CT molecular complexity index is 680. The number of rotatable bonds is 8. The number of ether oxygens (including phenoxy) is 1. The minimum atomic E-state index is 0.357. The van der Waals surface area contributed by atoms with Crippen molar-refractivity contribution in [1.29, 1.82) is 0 Å². The predicted octanol–water partition coefficient (Wildman–Crippen LogP) is 3.10. The van der Waals surface area contributed by atoms with Gasteiger partial charge < -0.3 is 10.1 Å². The molecule has 6 heteroatoms. The first-order valence-corrected chi connectivity index (χ1v) is 8.53. The number of aromatic nitrogens is 3. The number of thiazole rings is 1. The maximum absolute atomic E-state index is 5.71. The summed E-state index contributed by atoms with van der Waals surface area (Å²) in [4.78, 5) is 4.20. The van der Waals surface area contributed by atoms with Gasteiger partial charge in [-0.25, -0.2) is 4.98 Å². The SMILES string of the molecule is C[C@H](Cn1cccn1)NCc1ccc(OCc2cscn2)cc1. The Labute approximate surface area is 140 Å². The molecule has 5 nitrogen and oxygen atoms in total. The maximum Gasteiger partial charge on any atom is 0.131 e. The van der Waals surface area contributed by atoms with E-state index in [4.69, 9.17) is 4.74 Å². The summed E-state index contributed by atoms with van der Waals surface area (Å²) < 4.78 is 7.65. The van der Waals surface area contributed by atoms with Crippen molar-refractivity contribution in [2.24, 2.45) is 0 Å². The molecule has 0 bridgehead atoms. The van der Waals surface area contributed by atoms with Gasteiger partial charge in [0, 0.05) is 30.4 Å². The van der Waals surface area contributed by atoms with E-state index in [2.05, 4.69) is 34.5 Å². The van der Waals surface area contributed by atoms with Gasteiger partial charge in [0.05, 0.1) is 17.7 Å². The van der Waals surface area contributed by atoms with Crippen LogP contribution in [0.15, 0.2) is 53.6 Å². The molecule has 0 aliphatic rings. The van der Waals surface area contributed by atoms with Gasteiger partial charge in [0.25, 0.3) is 0 Å². The number of hydrogen-bond donors (Lipinski definition) is 1. The lowest BCUT2D eigenvalue weighted by Crippen LogP contribution is -2.30. The molecule has 1 N–H and O–H groups in total. The fourth-order valence-electron chi connectivity index (χ4n) is 2.22. The van der Waals surface area contributed by atoms with E-state index in [-0.39, 0.29) is 0 Å². The van der Waals surface area contributed by atoms with Crippen LogP contribution in [0.25, 0.3) is 0 Å². The van der Waals surface area contributed by atoms with Gasteiger partial charge in [0.2, 0.25) is 0 Å². The summed E-state index contributed by atoms with van der Waals surface area (Å²) in [6.07, 6.45) is 3.78. The van der Waals surface area contributed by atoms with Crippen molar-refractivity contribution in [2.75, 3.05) is 0 Å². The molecular formula is C17H20N4OS. The summed E-state index contributed by atoms with van der Waals surface area (Å²) in [6.45, 7) is 4.37. The molecule has 0 unspecified atom stereocenters. The van der Waals surface area contributed by atoms with Gasteiger partial charge >= 0.3 is 0 Å². The van der Waals surface area contributed by atoms with Crippen LogP contribution in [-0.4, -0.2) is 20.8 Å². The topological polar surface area (TPSA) is 52.0 Å². The molecule has 120 valence electrons. The van der Waals surface area contributed by atoms with Gasteiger partial charge in [-0.2, -0.15) is 5.10 Å². The van der Waals surface area contributed by atoms with Crippen molar-refractivity contribution in [3.8, 4) is 5.75 Å². The zero-order valence-electron chi connectivity index (χ0n) is 13.1. The maximum atomic E-state index is 5.71. The fourth-order valence-corrected chi connectivity index (χ4v) is 2.76. The molecule has 0 spiro atoms. The third-order valence-corrected chi connectivity index (χ3v) is 4.10. The number of benzene rings is 1. The van der Waals surface area contributed by atoms with E-state index in [9.17, 15) is 0 Å². The van der Waals surface area contributed by atoms with Gasteiger partial charge in [0.1, 0.15) is 12.4 Å². The lowest BCUT2D eigenvalue weighted by Gasteiger charge is -2.14. The Morgan fingerprint density at radius 2 is 2.17 bits per heavy atom. The van der Waals surface area contributed by atoms with E-state index in [1.54, 1.807) is 17.5 Å². The van der Waals surface area contributed by atoms with Crippen LogP contribution in [0.2, 0.25) is 0 Å². The first-order valence-electron chi connectivity index (χ1n) is 7.59. The van der Waals surface area contributed by atoms with E-state index in [0.29, 0.717) is 12.6 Å². The molecule has 0 radical (unpaired) electrons. The van der Waals surface area contributed by atoms with Crippen molar-refractivity contribution in [3.63, 3.8) is 0 Å². The van der Waals surface area contributed by atoms with Gasteiger partial charge in [-0.1, -0.05) is 12.1 Å². The van der Waals surface area contributed by atoms with Crippen LogP contribution in [-0.2, 0) is 19.7 Å². The molecule has 1 aromatic carbocycles. The first kappa shape index (κ1) is 15.7. The molecule has 0 saturated heterocycles. The third kappa shape index (κ3) is 4.91. The van der Waals surface area contributed by atoms with Gasteiger partial charge in [-0.05, 0) is 30.7 Å². The lowest BCUT2D eigenvalue weighted by molar-refractivity contribution is 0.302. The van der Waals surface area contributed by atoms with Crippen LogP contribution in [0.5, 0.6) is 5.75 Å². The molecule has 1 atom stereocenters. The zero-order valence-corrected chi connectivity index (χ0v) is 13.9. The summed E-state index contributed by atoms with van der Waals surface area (Å²) in [6, 6.07) is 10.5. The van der Waals surface area contributed by atoms with E-state index >= 15 is 0 Å². The van der Waals surface area contributed by atoms with Crippen molar-refractivity contribution >= 4 is 11.3 Å². The summed E-state index contributed by atoms with van der Waals surface area (Å²) in [7, 11) is 0. The Balaban J connectivity index is 1.43. The molecule has 2 aromatic heterocycles. The molecule has 3 rings (SSSR count). The molecule has 0 fully saturated rings. The Kier molecular flexibility index (Phi) is 5.39. The van der Waals surface area contributed by atoms with Crippen molar-refractivity contribution < 1.29 is 4.74 Å². The van der Waals surface area contributed by atoms with Gasteiger partial charge in [0.15, 0.2) is 0 Å². The number of nitrogens with zero attached hydrogens (tertiary/aromatic N) is 3. The number of nitrogens with one attached hydrogen (secondary N) is 1. The van der Waals surface area contributed by atoms with Crippen molar-refractivity contribution in [2.45, 2.75) is 32.7 Å². The number of hydrogen-bond acceptors (Lipinski definition) is 5. The molecule has 0 saturated carbocycles. The normalized spacial score (nSPS) is 12.2. The Hall–Kier alpha value is -2.18. The van der Waals surface area contributed by atoms with E-state index < -0.39 is 0 Å². The van der Waals surface area contributed by atoms with Crippen LogP contribution in [0.4, 0.5) is 0 Å². The largest absolute Gasteiger partial charge is 0.487 e. The van der Waals surface area contributed by atoms with E-state index in [1.807, 2.05) is 40.0 Å². The minimum absolute atomic E-state index is 0.357. The van der Waals surface area contributed by atoms with Crippen LogP contribution < -0.4 is 10.1 Å². The predicted molar refractivity (Wildman–Crippen MR) is 91.4 cm³/mol. The van der Waals surface area contributed by atoms with Crippen LogP contribution in [0, 0.1) is 0 Å². The summed E-state index contributed by atoms with van der Waals surface area (Å²) in [5.41, 5.74) is 4.02. The van der Waals surface area contributed by atoms with Gasteiger partial charge in [-0.3, -0.25) is 4.68 Å². The van der Waals surface area contributed by atoms with Crippen LogP contribution in [0.1, 0.15) is 18.2 Å². The monoisotopic (exact) mass is 328 g/mol. The van der Waals surface area contributed by atoms with Gasteiger partial charge in [-0.15, -0.1) is 11.3 Å². The smallest absolute Gasteiger partial charge is 0.131 e. The first-order chi connectivity index (χ1) is 11.3. The van der Waals surface area contributed by atoms with Crippen LogP contribution >= 0.6 is 11.3 Å². The standard InChI is InChI=1S/C17H20N4OS/c1-14(10-21-8-2-7-20-21)18-9-15-3-5-17(6-4-15)22-11-16-12-23-13-19-16/h2-8,12-14,18H,9-11H2,1H3/t14-/m1/s1. The Morgan fingerprint density at radius 1 is 1.30 bits per heavy atom. The quantitative estimate of drug-likeness (QED) is 0.690. The summed E-state index contributed by atoms with van der Waals surface area (Å²) in [5.74, 6) is 0.867. The Morgan fingerprint density at radius 3 is 2.87 bits per heavy atom. The minimum Gasteiger partial charge on any atom is -0.487 e. The molecule has 0 aliphatic carbocycles. The summed E-state index contributed by atoms with van der Waals surface area (Å²) in [5, 5.41) is 9.72. The van der Waals surface area contributed by atoms with Crippen LogP contribution in [0.3, 0.4) is 0 Å². The second kappa shape index (κ2) is 7.89. The second-order valence-electron chi connectivity index (χ2n) is 5.42. The van der Waals surface area contributed by atoms with Crippen molar-refractivity contribution in [1.82, 2.24) is 20.1 Å². The third-order valence-electron chi connectivity index (χ3n) is 3.47. The molecule has 2 heterocycles. The molecule has 23 heavy (non-hydrogen) atoms. The highest BCUT2D eigenvalue weighted by Gasteiger charge is 2.03.